The lowest BCUT2D eigenvalue weighted by molar-refractivity contribution is -0.137. The van der Waals surface area contributed by atoms with Crippen molar-refractivity contribution < 1.29 is 9.53 Å². The first kappa shape index (κ1) is 15.9. The van der Waals surface area contributed by atoms with Crippen LogP contribution >= 0.6 is 0 Å². The van der Waals surface area contributed by atoms with Crippen LogP contribution in [0.3, 0.4) is 0 Å². The van der Waals surface area contributed by atoms with E-state index in [1.54, 1.807) is 0 Å². The minimum atomic E-state index is 0.0723. The number of fused-ring (bicyclic) bond motifs is 1. The van der Waals surface area contributed by atoms with Gasteiger partial charge in [0, 0.05) is 36.6 Å². The van der Waals surface area contributed by atoms with Gasteiger partial charge in [-0.2, -0.15) is 0 Å². The summed E-state index contributed by atoms with van der Waals surface area (Å²) < 4.78 is 5.87. The molecule has 1 fully saturated rings. The smallest absolute Gasteiger partial charge is 0.227 e. The molecule has 0 saturated carbocycles. The van der Waals surface area contributed by atoms with Crippen LogP contribution in [0.4, 0.5) is 0 Å². The number of ether oxygens (including phenoxy) is 1. The Labute approximate surface area is 147 Å². The average Bonchev–Trinajstić information content (AvgIpc) is 3.06. The Hall–Kier alpha value is -2.59. The number of amides is 1. The second kappa shape index (κ2) is 7.11. The van der Waals surface area contributed by atoms with Crippen molar-refractivity contribution in [3.8, 4) is 0 Å². The van der Waals surface area contributed by atoms with Crippen LogP contribution in [-0.4, -0.2) is 41.6 Å². The highest BCUT2D eigenvalue weighted by atomic mass is 16.5. The number of hydrogen-bond acceptors (Lipinski definition) is 2. The number of para-hydroxylation sites is 1. The van der Waals surface area contributed by atoms with Crippen LogP contribution in [0.2, 0.25) is 0 Å². The summed E-state index contributed by atoms with van der Waals surface area (Å²) in [5.41, 5.74) is 3.39. The molecule has 0 spiro atoms. The van der Waals surface area contributed by atoms with Crippen molar-refractivity contribution >= 4 is 16.8 Å². The second-order valence-electron chi connectivity index (χ2n) is 6.56. The molecule has 3 aromatic rings. The second-order valence-corrected chi connectivity index (χ2v) is 6.56. The lowest BCUT2D eigenvalue weighted by Gasteiger charge is -2.33. The Kier molecular flexibility index (Phi) is 4.53. The summed E-state index contributed by atoms with van der Waals surface area (Å²) in [6, 6.07) is 18.4. The van der Waals surface area contributed by atoms with Crippen LogP contribution in [0.5, 0.6) is 0 Å². The van der Waals surface area contributed by atoms with Gasteiger partial charge in [-0.3, -0.25) is 4.79 Å². The standard InChI is InChI=1S/C21H22N2O2/c24-21(13-17-14-22-20-9-5-4-8-19(17)20)23-10-11-25-18(15-23)12-16-6-2-1-3-7-16/h1-9,14,18,22H,10-13,15H2. The Balaban J connectivity index is 1.41. The highest BCUT2D eigenvalue weighted by Gasteiger charge is 2.24. The van der Waals surface area contributed by atoms with Gasteiger partial charge in [-0.05, 0) is 17.2 Å². The molecule has 1 atom stereocenters. The fraction of sp³-hybridized carbons (Fsp3) is 0.286. The first-order valence-electron chi connectivity index (χ1n) is 8.78. The predicted molar refractivity (Wildman–Crippen MR) is 98.5 cm³/mol. The van der Waals surface area contributed by atoms with E-state index >= 15 is 0 Å². The van der Waals surface area contributed by atoms with Gasteiger partial charge in [0.25, 0.3) is 0 Å². The van der Waals surface area contributed by atoms with Gasteiger partial charge in [0.15, 0.2) is 0 Å². The normalized spacial score (nSPS) is 17.8. The summed E-state index contributed by atoms with van der Waals surface area (Å²) in [5, 5.41) is 1.13. The number of nitrogens with zero attached hydrogens (tertiary/aromatic N) is 1. The molecular weight excluding hydrogens is 312 g/mol. The number of H-pyrrole nitrogens is 1. The summed E-state index contributed by atoms with van der Waals surface area (Å²) in [5.74, 6) is 0.172. The third kappa shape index (κ3) is 3.59. The molecule has 2 heterocycles. The number of aromatic nitrogens is 1. The van der Waals surface area contributed by atoms with Crippen molar-refractivity contribution in [3.05, 3.63) is 71.9 Å². The summed E-state index contributed by atoms with van der Waals surface area (Å²) in [6.07, 6.45) is 3.30. The molecule has 25 heavy (non-hydrogen) atoms. The molecule has 4 heteroatoms. The van der Waals surface area contributed by atoms with Gasteiger partial charge in [-0.25, -0.2) is 0 Å². The van der Waals surface area contributed by atoms with Gasteiger partial charge in [0.1, 0.15) is 0 Å². The van der Waals surface area contributed by atoms with Crippen molar-refractivity contribution in [3.63, 3.8) is 0 Å². The van der Waals surface area contributed by atoms with E-state index in [4.69, 9.17) is 4.74 Å². The number of rotatable bonds is 4. The van der Waals surface area contributed by atoms with Gasteiger partial charge in [-0.1, -0.05) is 48.5 Å². The van der Waals surface area contributed by atoms with E-state index in [2.05, 4.69) is 23.2 Å². The molecule has 1 aromatic heterocycles. The lowest BCUT2D eigenvalue weighted by atomic mass is 10.1. The Morgan fingerprint density at radius 2 is 1.92 bits per heavy atom. The summed E-state index contributed by atoms with van der Waals surface area (Å²) >= 11 is 0. The lowest BCUT2D eigenvalue weighted by Crippen LogP contribution is -2.46. The van der Waals surface area contributed by atoms with Crippen LogP contribution in [0.25, 0.3) is 10.9 Å². The van der Waals surface area contributed by atoms with Crippen molar-refractivity contribution in [2.45, 2.75) is 18.9 Å². The van der Waals surface area contributed by atoms with Crippen LogP contribution < -0.4 is 0 Å². The zero-order chi connectivity index (χ0) is 17.1. The van der Waals surface area contributed by atoms with E-state index < -0.39 is 0 Å². The number of carbonyl (C=O) groups excluding carboxylic acids is 1. The summed E-state index contributed by atoms with van der Waals surface area (Å²) in [4.78, 5) is 17.9. The van der Waals surface area contributed by atoms with Crippen molar-refractivity contribution in [1.82, 2.24) is 9.88 Å². The first-order valence-corrected chi connectivity index (χ1v) is 8.78. The van der Waals surface area contributed by atoms with E-state index in [0.29, 0.717) is 26.1 Å². The molecule has 0 radical (unpaired) electrons. The summed E-state index contributed by atoms with van der Waals surface area (Å²) in [6.45, 7) is 1.94. The minimum absolute atomic E-state index is 0.0723. The number of hydrogen-bond donors (Lipinski definition) is 1. The van der Waals surface area contributed by atoms with E-state index in [1.165, 1.54) is 5.56 Å². The fourth-order valence-corrected chi connectivity index (χ4v) is 3.50. The number of benzene rings is 2. The molecule has 1 unspecified atom stereocenters. The van der Waals surface area contributed by atoms with Crippen molar-refractivity contribution in [2.75, 3.05) is 19.7 Å². The Morgan fingerprint density at radius 1 is 1.12 bits per heavy atom. The highest BCUT2D eigenvalue weighted by Crippen LogP contribution is 2.19. The average molecular weight is 334 g/mol. The molecule has 1 saturated heterocycles. The Morgan fingerprint density at radius 3 is 2.80 bits per heavy atom. The maximum absolute atomic E-state index is 12.8. The van der Waals surface area contributed by atoms with Gasteiger partial charge in [-0.15, -0.1) is 0 Å². The Bertz CT molecular complexity index is 856. The zero-order valence-electron chi connectivity index (χ0n) is 14.2. The zero-order valence-corrected chi connectivity index (χ0v) is 14.2. The molecule has 2 aromatic carbocycles. The molecule has 128 valence electrons. The maximum atomic E-state index is 12.8. The van der Waals surface area contributed by atoms with Crippen molar-refractivity contribution in [1.29, 1.82) is 0 Å². The predicted octanol–water partition coefficient (Wildman–Crippen LogP) is 3.18. The van der Waals surface area contributed by atoms with Crippen LogP contribution in [0, 0.1) is 0 Å². The van der Waals surface area contributed by atoms with Crippen LogP contribution in [-0.2, 0) is 22.4 Å². The minimum Gasteiger partial charge on any atom is -0.374 e. The molecule has 4 rings (SSSR count). The molecule has 1 amide bonds. The van der Waals surface area contributed by atoms with Gasteiger partial charge >= 0.3 is 0 Å². The third-order valence-corrected chi connectivity index (χ3v) is 4.81. The van der Waals surface area contributed by atoms with Crippen molar-refractivity contribution in [2.24, 2.45) is 0 Å². The first-order chi connectivity index (χ1) is 12.3. The fourth-order valence-electron chi connectivity index (χ4n) is 3.50. The number of morpholine rings is 1. The third-order valence-electron chi connectivity index (χ3n) is 4.81. The molecule has 0 aliphatic carbocycles. The molecular formula is C21H22N2O2. The summed E-state index contributed by atoms with van der Waals surface area (Å²) in [7, 11) is 0. The van der Waals surface area contributed by atoms with Gasteiger partial charge < -0.3 is 14.6 Å². The van der Waals surface area contributed by atoms with Crippen LogP contribution in [0.15, 0.2) is 60.8 Å². The molecule has 1 aliphatic rings. The van der Waals surface area contributed by atoms with E-state index in [0.717, 1.165) is 22.9 Å². The quantitative estimate of drug-likeness (QED) is 0.796. The van der Waals surface area contributed by atoms with Gasteiger partial charge in [0.05, 0.1) is 19.1 Å². The molecule has 4 nitrogen and oxygen atoms in total. The largest absolute Gasteiger partial charge is 0.374 e. The molecule has 1 aliphatic heterocycles. The monoisotopic (exact) mass is 334 g/mol. The SMILES string of the molecule is O=C(Cc1c[nH]c2ccccc12)N1CCOC(Cc2ccccc2)C1. The van der Waals surface area contributed by atoms with E-state index in [1.807, 2.05) is 47.5 Å². The molecule has 0 bridgehead atoms. The number of carbonyl (C=O) groups is 1. The van der Waals surface area contributed by atoms with Crippen LogP contribution in [0.1, 0.15) is 11.1 Å². The van der Waals surface area contributed by atoms with E-state index in [-0.39, 0.29) is 12.0 Å². The highest BCUT2D eigenvalue weighted by molar-refractivity contribution is 5.88. The maximum Gasteiger partial charge on any atom is 0.227 e. The molecule has 1 N–H and O–H groups in total. The van der Waals surface area contributed by atoms with Gasteiger partial charge in [0.2, 0.25) is 5.91 Å². The van der Waals surface area contributed by atoms with E-state index in [9.17, 15) is 4.79 Å². The topological polar surface area (TPSA) is 45.3 Å². The number of nitrogens with one attached hydrogen (secondary N) is 1. The number of aromatic amines is 1.